The van der Waals surface area contributed by atoms with Gasteiger partial charge in [-0.1, -0.05) is 12.1 Å². The molecule has 1 aromatic heterocycles. The van der Waals surface area contributed by atoms with Crippen LogP contribution in [0.5, 0.6) is 5.75 Å². The molecule has 0 spiro atoms. The molecule has 5 nitrogen and oxygen atoms in total. The van der Waals surface area contributed by atoms with Gasteiger partial charge >= 0.3 is 0 Å². The quantitative estimate of drug-likeness (QED) is 0.915. The monoisotopic (exact) mass is 326 g/mol. The van der Waals surface area contributed by atoms with Gasteiger partial charge in [0.25, 0.3) is 0 Å². The Morgan fingerprint density at radius 2 is 2.08 bits per heavy atom. The molecule has 0 saturated carbocycles. The number of methoxy groups -OCH3 is 1. The van der Waals surface area contributed by atoms with Gasteiger partial charge in [-0.25, -0.2) is 0 Å². The van der Waals surface area contributed by atoms with Gasteiger partial charge in [0.05, 0.1) is 7.11 Å². The van der Waals surface area contributed by atoms with E-state index in [1.165, 1.54) is 29.5 Å². The Bertz CT molecular complexity index is 651. The van der Waals surface area contributed by atoms with Crippen LogP contribution in [0.15, 0.2) is 30.5 Å². The lowest BCUT2D eigenvalue weighted by Gasteiger charge is -2.33. The molecule has 0 bridgehead atoms. The molecular formula is C19H26N4O. The maximum atomic E-state index is 5.45. The molecule has 1 aliphatic rings. The minimum Gasteiger partial charge on any atom is -0.496 e. The van der Waals surface area contributed by atoms with E-state index < -0.39 is 0 Å². The van der Waals surface area contributed by atoms with E-state index in [-0.39, 0.29) is 0 Å². The van der Waals surface area contributed by atoms with E-state index in [9.17, 15) is 0 Å². The largest absolute Gasteiger partial charge is 0.496 e. The molecule has 1 unspecified atom stereocenters. The highest BCUT2D eigenvalue weighted by Gasteiger charge is 2.20. The number of hydrogen-bond donors (Lipinski definition) is 1. The van der Waals surface area contributed by atoms with Crippen molar-refractivity contribution in [3.8, 4) is 5.75 Å². The number of piperidine rings is 1. The summed E-state index contributed by atoms with van der Waals surface area (Å²) < 4.78 is 5.45. The van der Waals surface area contributed by atoms with Crippen LogP contribution in [-0.2, 0) is 6.54 Å². The van der Waals surface area contributed by atoms with Gasteiger partial charge in [0, 0.05) is 31.9 Å². The van der Waals surface area contributed by atoms with Crippen molar-refractivity contribution < 1.29 is 4.74 Å². The Morgan fingerprint density at radius 3 is 2.75 bits per heavy atom. The van der Waals surface area contributed by atoms with Crippen molar-refractivity contribution in [1.82, 2.24) is 15.5 Å². The van der Waals surface area contributed by atoms with Gasteiger partial charge in [0.15, 0.2) is 5.82 Å². The fourth-order valence-electron chi connectivity index (χ4n) is 3.54. The molecule has 1 N–H and O–H groups in total. The van der Waals surface area contributed by atoms with Crippen LogP contribution in [0.3, 0.4) is 0 Å². The molecule has 2 aromatic rings. The molecule has 128 valence electrons. The zero-order valence-electron chi connectivity index (χ0n) is 14.7. The molecular weight excluding hydrogens is 300 g/mol. The average Bonchev–Trinajstić information content (AvgIpc) is 2.61. The minimum absolute atomic E-state index is 0.475. The molecule has 1 saturated heterocycles. The first-order valence-corrected chi connectivity index (χ1v) is 8.57. The fraction of sp³-hybridized carbons (Fsp3) is 0.474. The first-order valence-electron chi connectivity index (χ1n) is 8.57. The summed E-state index contributed by atoms with van der Waals surface area (Å²) >= 11 is 0. The van der Waals surface area contributed by atoms with E-state index in [0.29, 0.717) is 6.04 Å². The normalized spacial score (nSPS) is 17.8. The topological polar surface area (TPSA) is 50.3 Å². The van der Waals surface area contributed by atoms with Gasteiger partial charge in [-0.15, -0.1) is 5.10 Å². The number of aryl methyl sites for hydroxylation is 2. The van der Waals surface area contributed by atoms with Gasteiger partial charge in [-0.3, -0.25) is 0 Å². The van der Waals surface area contributed by atoms with Crippen LogP contribution in [0.1, 0.15) is 29.5 Å². The number of hydrogen-bond acceptors (Lipinski definition) is 5. The molecule has 1 atom stereocenters. The summed E-state index contributed by atoms with van der Waals surface area (Å²) in [6, 6.07) is 8.88. The van der Waals surface area contributed by atoms with Crippen LogP contribution in [-0.4, -0.2) is 36.4 Å². The van der Waals surface area contributed by atoms with Crippen molar-refractivity contribution in [2.75, 3.05) is 25.1 Å². The molecule has 1 aliphatic heterocycles. The summed E-state index contributed by atoms with van der Waals surface area (Å²) in [7, 11) is 1.73. The molecule has 2 heterocycles. The fourth-order valence-corrected chi connectivity index (χ4v) is 3.54. The lowest BCUT2D eigenvalue weighted by molar-refractivity contribution is 0.407. The lowest BCUT2D eigenvalue weighted by atomic mass is 10.0. The predicted octanol–water partition coefficient (Wildman–Crippen LogP) is 2.86. The second-order valence-electron chi connectivity index (χ2n) is 6.51. The van der Waals surface area contributed by atoms with E-state index in [1.54, 1.807) is 13.3 Å². The second-order valence-corrected chi connectivity index (χ2v) is 6.51. The van der Waals surface area contributed by atoms with Gasteiger partial charge in [-0.05, 0) is 55.5 Å². The highest BCUT2D eigenvalue weighted by molar-refractivity contribution is 5.43. The van der Waals surface area contributed by atoms with Crippen LogP contribution in [0.25, 0.3) is 0 Å². The van der Waals surface area contributed by atoms with Gasteiger partial charge in [-0.2, -0.15) is 5.10 Å². The number of rotatable bonds is 5. The number of benzene rings is 1. The lowest BCUT2D eigenvalue weighted by Crippen LogP contribution is -2.45. The standard InChI is InChI=1S/C19H26N4O/c1-14-10-16(11-15(2)19(14)24-3)12-20-17-6-5-9-23(13-17)18-7-4-8-21-22-18/h4,7-8,10-11,17,20H,5-6,9,12-13H2,1-3H3. The van der Waals surface area contributed by atoms with E-state index in [2.05, 4.69) is 46.4 Å². The van der Waals surface area contributed by atoms with E-state index in [4.69, 9.17) is 4.74 Å². The Kier molecular flexibility index (Phi) is 5.30. The SMILES string of the molecule is COc1c(C)cc(CNC2CCCN(c3cccnn3)C2)cc1C. The molecule has 24 heavy (non-hydrogen) atoms. The van der Waals surface area contributed by atoms with Crippen molar-refractivity contribution in [1.29, 1.82) is 0 Å². The van der Waals surface area contributed by atoms with Crippen LogP contribution in [0.4, 0.5) is 5.82 Å². The predicted molar refractivity (Wildman–Crippen MR) is 96.6 cm³/mol. The van der Waals surface area contributed by atoms with Crippen molar-refractivity contribution >= 4 is 5.82 Å². The van der Waals surface area contributed by atoms with Crippen LogP contribution in [0.2, 0.25) is 0 Å². The van der Waals surface area contributed by atoms with Gasteiger partial charge in [0.1, 0.15) is 5.75 Å². The summed E-state index contributed by atoms with van der Waals surface area (Å²) in [5, 5.41) is 11.9. The van der Waals surface area contributed by atoms with Crippen LogP contribution < -0.4 is 15.0 Å². The first kappa shape index (κ1) is 16.7. The smallest absolute Gasteiger partial charge is 0.151 e. The molecule has 1 fully saturated rings. The molecule has 0 aliphatic carbocycles. The molecule has 0 radical (unpaired) electrons. The summed E-state index contributed by atoms with van der Waals surface area (Å²) in [4.78, 5) is 2.32. The van der Waals surface area contributed by atoms with E-state index >= 15 is 0 Å². The first-order chi connectivity index (χ1) is 11.7. The average molecular weight is 326 g/mol. The number of nitrogens with zero attached hydrogens (tertiary/aromatic N) is 3. The second kappa shape index (κ2) is 7.62. The summed E-state index contributed by atoms with van der Waals surface area (Å²) in [6.07, 6.45) is 4.09. The highest BCUT2D eigenvalue weighted by atomic mass is 16.5. The third kappa shape index (κ3) is 3.85. The zero-order chi connectivity index (χ0) is 16.9. The number of ether oxygens (including phenoxy) is 1. The van der Waals surface area contributed by atoms with E-state index in [1.807, 2.05) is 12.1 Å². The highest BCUT2D eigenvalue weighted by Crippen LogP contribution is 2.24. The van der Waals surface area contributed by atoms with Crippen molar-refractivity contribution in [3.63, 3.8) is 0 Å². The molecule has 0 amide bonds. The minimum atomic E-state index is 0.475. The third-order valence-electron chi connectivity index (χ3n) is 4.62. The maximum absolute atomic E-state index is 5.45. The number of nitrogens with one attached hydrogen (secondary N) is 1. The van der Waals surface area contributed by atoms with Crippen molar-refractivity contribution in [3.05, 3.63) is 47.2 Å². The third-order valence-corrected chi connectivity index (χ3v) is 4.62. The molecule has 1 aromatic carbocycles. The van der Waals surface area contributed by atoms with Crippen LogP contribution in [0, 0.1) is 13.8 Å². The molecule has 5 heteroatoms. The Morgan fingerprint density at radius 1 is 1.29 bits per heavy atom. The maximum Gasteiger partial charge on any atom is 0.151 e. The number of anilines is 1. The Balaban J connectivity index is 1.60. The summed E-state index contributed by atoms with van der Waals surface area (Å²) in [6.45, 7) is 7.12. The summed E-state index contributed by atoms with van der Waals surface area (Å²) in [5.41, 5.74) is 3.70. The number of aromatic nitrogens is 2. The van der Waals surface area contributed by atoms with Crippen LogP contribution >= 0.6 is 0 Å². The van der Waals surface area contributed by atoms with E-state index in [0.717, 1.165) is 31.2 Å². The Labute approximate surface area is 144 Å². The van der Waals surface area contributed by atoms with Crippen molar-refractivity contribution in [2.45, 2.75) is 39.3 Å². The van der Waals surface area contributed by atoms with Gasteiger partial charge in [0.2, 0.25) is 0 Å². The Hall–Kier alpha value is -2.14. The van der Waals surface area contributed by atoms with Crippen molar-refractivity contribution in [2.24, 2.45) is 0 Å². The zero-order valence-corrected chi connectivity index (χ0v) is 14.7. The van der Waals surface area contributed by atoms with Gasteiger partial charge < -0.3 is 15.0 Å². The molecule has 3 rings (SSSR count). The summed E-state index contributed by atoms with van der Waals surface area (Å²) in [5.74, 6) is 1.96.